The summed E-state index contributed by atoms with van der Waals surface area (Å²) in [5, 5.41) is 11.5. The number of rotatable bonds is 3. The number of carboxylic acids is 1. The lowest BCUT2D eigenvalue weighted by Crippen LogP contribution is -2.33. The molecule has 2 rings (SSSR count). The van der Waals surface area contributed by atoms with E-state index in [1.54, 1.807) is 27.7 Å². The van der Waals surface area contributed by atoms with Gasteiger partial charge in [0, 0.05) is 5.41 Å². The minimum atomic E-state index is -1.07. The van der Waals surface area contributed by atoms with Gasteiger partial charge in [0.2, 0.25) is 11.9 Å². The van der Waals surface area contributed by atoms with Crippen LogP contribution in [-0.4, -0.2) is 37.6 Å². The number of aromatic nitrogens is 3. The number of anilines is 1. The van der Waals surface area contributed by atoms with Crippen LogP contribution in [0.1, 0.15) is 40.3 Å². The molecule has 1 fully saturated rings. The highest BCUT2D eigenvalue weighted by molar-refractivity contribution is 5.92. The van der Waals surface area contributed by atoms with E-state index in [4.69, 9.17) is 9.84 Å². The Morgan fingerprint density at radius 2 is 2.09 bits per heavy atom. The number of hydrogen-bond donors (Lipinski definition) is 2. The minimum Gasteiger partial charge on any atom is -0.479 e. The van der Waals surface area contributed by atoms with Gasteiger partial charge < -0.3 is 9.84 Å². The summed E-state index contributed by atoms with van der Waals surface area (Å²) in [6.07, 6.45) is -0.124. The van der Waals surface area contributed by atoms with Crippen LogP contribution in [0.15, 0.2) is 11.1 Å². The predicted octanol–water partition coefficient (Wildman–Crippen LogP) is 0.631. The largest absolute Gasteiger partial charge is 0.479 e. The maximum Gasteiger partial charge on any atom is 0.354 e. The summed E-state index contributed by atoms with van der Waals surface area (Å²) in [5.74, 6) is -1.70. The Morgan fingerprint density at radius 1 is 1.43 bits per heavy atom. The maximum atomic E-state index is 12.1. The third kappa shape index (κ3) is 3.73. The van der Waals surface area contributed by atoms with Crippen molar-refractivity contribution in [2.45, 2.75) is 46.4 Å². The van der Waals surface area contributed by atoms with Crippen molar-refractivity contribution in [2.75, 3.05) is 5.32 Å². The van der Waals surface area contributed by atoms with Crippen LogP contribution in [0.3, 0.4) is 0 Å². The fourth-order valence-corrected chi connectivity index (χ4v) is 2.17. The van der Waals surface area contributed by atoms with Crippen molar-refractivity contribution in [3.63, 3.8) is 0 Å². The molecule has 0 aliphatic carbocycles. The molecule has 0 radical (unpaired) electrons. The first-order valence-electron chi connectivity index (χ1n) is 7.24. The molecule has 1 aromatic heterocycles. The van der Waals surface area contributed by atoms with Crippen molar-refractivity contribution < 1.29 is 19.4 Å². The predicted molar refractivity (Wildman–Crippen MR) is 79.7 cm³/mol. The summed E-state index contributed by atoms with van der Waals surface area (Å²) in [6.45, 7) is 6.92. The van der Waals surface area contributed by atoms with Crippen LogP contribution in [0.25, 0.3) is 0 Å². The minimum absolute atomic E-state index is 0.0907. The molecule has 0 spiro atoms. The number of aliphatic carboxylic acids is 1. The fraction of sp³-hybridized carbons (Fsp3) is 0.643. The Hall–Kier alpha value is -2.29. The average Bonchev–Trinajstić information content (AvgIpc) is 2.79. The molecule has 23 heavy (non-hydrogen) atoms. The second-order valence-corrected chi connectivity index (χ2v) is 6.64. The summed E-state index contributed by atoms with van der Waals surface area (Å²) in [7, 11) is 0. The van der Waals surface area contributed by atoms with Crippen molar-refractivity contribution in [1.82, 2.24) is 14.5 Å². The van der Waals surface area contributed by atoms with Crippen LogP contribution < -0.4 is 11.0 Å². The van der Waals surface area contributed by atoms with Gasteiger partial charge in [-0.3, -0.25) is 14.7 Å². The highest BCUT2D eigenvalue weighted by Crippen LogP contribution is 2.32. The van der Waals surface area contributed by atoms with Crippen molar-refractivity contribution in [1.29, 1.82) is 0 Å². The molecule has 0 saturated carbocycles. The summed E-state index contributed by atoms with van der Waals surface area (Å²) in [5.41, 5.74) is -1.30. The maximum absolute atomic E-state index is 12.1. The second-order valence-electron chi connectivity index (χ2n) is 6.64. The monoisotopic (exact) mass is 324 g/mol. The first-order valence-corrected chi connectivity index (χ1v) is 7.24. The highest BCUT2D eigenvalue weighted by Gasteiger charge is 2.38. The first kappa shape index (κ1) is 17.1. The van der Waals surface area contributed by atoms with Gasteiger partial charge in [0.15, 0.2) is 6.10 Å². The third-order valence-electron chi connectivity index (χ3n) is 3.58. The van der Waals surface area contributed by atoms with Gasteiger partial charge in [-0.25, -0.2) is 14.6 Å². The zero-order valence-electron chi connectivity index (χ0n) is 13.4. The summed E-state index contributed by atoms with van der Waals surface area (Å²) >= 11 is 0. The van der Waals surface area contributed by atoms with Crippen LogP contribution >= 0.6 is 0 Å². The molecule has 0 bridgehead atoms. The van der Waals surface area contributed by atoms with Gasteiger partial charge >= 0.3 is 11.7 Å². The lowest BCUT2D eigenvalue weighted by molar-refractivity contribution is -0.153. The number of hydrogen-bond acceptors (Lipinski definition) is 6. The topological polar surface area (TPSA) is 123 Å². The molecular weight excluding hydrogens is 304 g/mol. The Bertz CT molecular complexity index is 678. The van der Waals surface area contributed by atoms with E-state index < -0.39 is 29.4 Å². The van der Waals surface area contributed by atoms with Gasteiger partial charge in [0.25, 0.3) is 0 Å². The van der Waals surface area contributed by atoms with Gasteiger partial charge in [0.1, 0.15) is 12.6 Å². The summed E-state index contributed by atoms with van der Waals surface area (Å²) in [4.78, 5) is 42.6. The van der Waals surface area contributed by atoms with Gasteiger partial charge in [0.05, 0.1) is 0 Å². The van der Waals surface area contributed by atoms with E-state index in [2.05, 4.69) is 15.3 Å². The Balaban J connectivity index is 2.16. The van der Waals surface area contributed by atoms with E-state index in [0.717, 1.165) is 4.57 Å². The zero-order chi connectivity index (χ0) is 17.4. The van der Waals surface area contributed by atoms with Gasteiger partial charge in [-0.2, -0.15) is 4.98 Å². The number of carboxylic acid groups (broad SMARTS) is 1. The van der Waals surface area contributed by atoms with E-state index in [-0.39, 0.29) is 17.8 Å². The van der Waals surface area contributed by atoms with E-state index in [0.29, 0.717) is 6.42 Å². The Labute approximate surface area is 132 Å². The quantitative estimate of drug-likeness (QED) is 0.835. The third-order valence-corrected chi connectivity index (χ3v) is 3.58. The fourth-order valence-electron chi connectivity index (χ4n) is 2.17. The summed E-state index contributed by atoms with van der Waals surface area (Å²) in [6, 6.07) is 0. The van der Waals surface area contributed by atoms with Crippen molar-refractivity contribution >= 4 is 17.8 Å². The standard InChI is InChI=1S/C14H20N4O5/c1-7-5-8(23-9(7)10(19)20)18-6-15-12(17-13(18)22)16-11(21)14(2,3)4/h6-9H,5H2,1-4H3,(H,19,20)(H,16,17,21,22)/t7-,8+,9-/m0/s1. The molecule has 0 unspecified atom stereocenters. The van der Waals surface area contributed by atoms with Crippen LogP contribution in [0.5, 0.6) is 0 Å². The SMILES string of the molecule is C[C@H]1C[C@H](n2cnc(NC(=O)C(C)(C)C)nc2=O)O[C@@H]1C(=O)O. The lowest BCUT2D eigenvalue weighted by atomic mass is 9.96. The van der Waals surface area contributed by atoms with E-state index >= 15 is 0 Å². The molecule has 1 aliphatic rings. The van der Waals surface area contributed by atoms with E-state index in [1.165, 1.54) is 6.33 Å². The molecule has 1 saturated heterocycles. The normalized spacial score (nSPS) is 24.4. The van der Waals surface area contributed by atoms with Crippen molar-refractivity contribution in [3.05, 3.63) is 16.8 Å². The van der Waals surface area contributed by atoms with Gasteiger partial charge in [-0.15, -0.1) is 0 Å². The number of carbonyl (C=O) groups excluding carboxylic acids is 1. The number of carbonyl (C=O) groups is 2. The van der Waals surface area contributed by atoms with E-state index in [1.807, 2.05) is 0 Å². The van der Waals surface area contributed by atoms with Crippen LogP contribution in [0.2, 0.25) is 0 Å². The van der Waals surface area contributed by atoms with Crippen LogP contribution in [0, 0.1) is 11.3 Å². The van der Waals surface area contributed by atoms with Crippen LogP contribution in [0.4, 0.5) is 5.95 Å². The molecular formula is C14H20N4O5. The van der Waals surface area contributed by atoms with Gasteiger partial charge in [-0.05, 0) is 12.3 Å². The van der Waals surface area contributed by atoms with Crippen molar-refractivity contribution in [2.24, 2.45) is 11.3 Å². The average molecular weight is 324 g/mol. The lowest BCUT2D eigenvalue weighted by Gasteiger charge is -2.17. The molecule has 1 amide bonds. The van der Waals surface area contributed by atoms with Crippen molar-refractivity contribution in [3.8, 4) is 0 Å². The number of amides is 1. The molecule has 126 valence electrons. The Kier molecular flexibility index (Phi) is 4.51. The number of nitrogens with zero attached hydrogens (tertiary/aromatic N) is 3. The highest BCUT2D eigenvalue weighted by atomic mass is 16.5. The van der Waals surface area contributed by atoms with Gasteiger partial charge in [-0.1, -0.05) is 27.7 Å². The first-order chi connectivity index (χ1) is 10.6. The molecule has 9 heteroatoms. The summed E-state index contributed by atoms with van der Waals surface area (Å²) < 4.78 is 6.50. The number of ether oxygens (including phenoxy) is 1. The molecule has 9 nitrogen and oxygen atoms in total. The molecule has 1 aliphatic heterocycles. The smallest absolute Gasteiger partial charge is 0.354 e. The molecule has 2 heterocycles. The number of nitrogens with one attached hydrogen (secondary N) is 1. The molecule has 3 atom stereocenters. The van der Waals surface area contributed by atoms with Crippen LogP contribution in [-0.2, 0) is 14.3 Å². The Morgan fingerprint density at radius 3 is 2.57 bits per heavy atom. The second kappa shape index (κ2) is 6.07. The molecule has 2 N–H and O–H groups in total. The van der Waals surface area contributed by atoms with E-state index in [9.17, 15) is 14.4 Å². The molecule has 1 aromatic rings. The zero-order valence-corrected chi connectivity index (χ0v) is 13.4. The molecule has 0 aromatic carbocycles.